The Labute approximate surface area is 127 Å². The molecule has 0 aliphatic carbocycles. The predicted molar refractivity (Wildman–Crippen MR) is 84.0 cm³/mol. The molecule has 0 fully saturated rings. The second-order valence-electron chi connectivity index (χ2n) is 5.36. The molecule has 0 unspecified atom stereocenters. The summed E-state index contributed by atoms with van der Waals surface area (Å²) in [6.45, 7) is 6.15. The quantitative estimate of drug-likeness (QED) is 0.798. The van der Waals surface area contributed by atoms with Gasteiger partial charge in [0.2, 0.25) is 0 Å². The first-order valence-electron chi connectivity index (χ1n) is 7.24. The highest BCUT2D eigenvalue weighted by molar-refractivity contribution is 5.95. The Morgan fingerprint density at radius 2 is 1.90 bits per heavy atom. The minimum Gasteiger partial charge on any atom is -0.493 e. The van der Waals surface area contributed by atoms with Gasteiger partial charge in [-0.25, -0.2) is 0 Å². The van der Waals surface area contributed by atoms with Crippen LogP contribution in [0, 0.1) is 5.92 Å². The van der Waals surface area contributed by atoms with Crippen molar-refractivity contribution in [3.8, 4) is 11.5 Å². The highest BCUT2D eigenvalue weighted by Crippen LogP contribution is 2.28. The minimum atomic E-state index is -0.00176. The maximum absolute atomic E-state index is 12.6. The number of ether oxygens (including phenoxy) is 2. The molecule has 0 spiro atoms. The van der Waals surface area contributed by atoms with Gasteiger partial charge in [0.25, 0.3) is 5.91 Å². The van der Waals surface area contributed by atoms with Gasteiger partial charge in [-0.15, -0.1) is 0 Å². The van der Waals surface area contributed by atoms with Gasteiger partial charge in [0.05, 0.1) is 14.2 Å². The molecule has 1 aromatic rings. The average Bonchev–Trinajstić information content (AvgIpc) is 2.49. The number of carbonyl (C=O) groups excluding carboxylic acids is 1. The van der Waals surface area contributed by atoms with Gasteiger partial charge in [-0.1, -0.05) is 13.8 Å². The maximum atomic E-state index is 12.6. The van der Waals surface area contributed by atoms with Crippen LogP contribution in [0.4, 0.5) is 0 Å². The van der Waals surface area contributed by atoms with Crippen molar-refractivity contribution in [3.05, 3.63) is 23.8 Å². The van der Waals surface area contributed by atoms with Crippen LogP contribution >= 0.6 is 0 Å². The Balaban J connectivity index is 2.96. The number of amides is 1. The number of hydrogen-bond donors (Lipinski definition) is 1. The summed E-state index contributed by atoms with van der Waals surface area (Å²) in [6, 6.07) is 5.24. The lowest BCUT2D eigenvalue weighted by molar-refractivity contribution is 0.0734. The van der Waals surface area contributed by atoms with Gasteiger partial charge in [0, 0.05) is 18.7 Å². The molecule has 0 radical (unpaired) electrons. The molecule has 0 aliphatic rings. The third-order valence-corrected chi connectivity index (χ3v) is 3.14. The van der Waals surface area contributed by atoms with Crippen molar-refractivity contribution in [2.24, 2.45) is 11.7 Å². The van der Waals surface area contributed by atoms with E-state index in [-0.39, 0.29) is 5.91 Å². The molecule has 5 heteroatoms. The molecule has 0 saturated carbocycles. The van der Waals surface area contributed by atoms with Gasteiger partial charge in [-0.2, -0.15) is 0 Å². The minimum absolute atomic E-state index is 0.00176. The van der Waals surface area contributed by atoms with Crippen LogP contribution in [-0.4, -0.2) is 44.7 Å². The number of nitrogens with zero attached hydrogens (tertiary/aromatic N) is 1. The number of benzene rings is 1. The molecule has 0 aliphatic heterocycles. The van der Waals surface area contributed by atoms with E-state index in [1.165, 1.54) is 0 Å². The van der Waals surface area contributed by atoms with Crippen LogP contribution in [0.3, 0.4) is 0 Å². The summed E-state index contributed by atoms with van der Waals surface area (Å²) in [5, 5.41) is 0. The number of rotatable bonds is 8. The van der Waals surface area contributed by atoms with Crippen molar-refractivity contribution >= 4 is 5.91 Å². The molecule has 21 heavy (non-hydrogen) atoms. The standard InChI is InChI=1S/C16H26N2O3/c1-12(2)11-18(9-5-8-17)16(19)13-6-7-14(20-3)15(10-13)21-4/h6-7,10,12H,5,8-9,11,17H2,1-4H3. The van der Waals surface area contributed by atoms with Crippen LogP contribution in [0.2, 0.25) is 0 Å². The molecule has 118 valence electrons. The van der Waals surface area contributed by atoms with Crippen LogP contribution in [0.25, 0.3) is 0 Å². The first kappa shape index (κ1) is 17.3. The summed E-state index contributed by atoms with van der Waals surface area (Å²) in [6.07, 6.45) is 0.797. The molecule has 1 aromatic carbocycles. The van der Waals surface area contributed by atoms with Crippen LogP contribution in [0.5, 0.6) is 11.5 Å². The first-order chi connectivity index (χ1) is 10.0. The summed E-state index contributed by atoms with van der Waals surface area (Å²) in [4.78, 5) is 14.5. The largest absolute Gasteiger partial charge is 0.493 e. The summed E-state index contributed by atoms with van der Waals surface area (Å²) in [5.41, 5.74) is 6.16. The van der Waals surface area contributed by atoms with E-state index in [1.807, 2.05) is 4.90 Å². The van der Waals surface area contributed by atoms with Crippen molar-refractivity contribution in [2.75, 3.05) is 33.9 Å². The molecule has 0 saturated heterocycles. The van der Waals surface area contributed by atoms with Gasteiger partial charge in [-0.3, -0.25) is 4.79 Å². The molecule has 2 N–H and O–H groups in total. The van der Waals surface area contributed by atoms with E-state index < -0.39 is 0 Å². The monoisotopic (exact) mass is 294 g/mol. The molecule has 0 heterocycles. The van der Waals surface area contributed by atoms with E-state index in [4.69, 9.17) is 15.2 Å². The van der Waals surface area contributed by atoms with Crippen LogP contribution < -0.4 is 15.2 Å². The summed E-state index contributed by atoms with van der Waals surface area (Å²) >= 11 is 0. The van der Waals surface area contributed by atoms with E-state index in [0.717, 1.165) is 6.42 Å². The van der Waals surface area contributed by atoms with Crippen LogP contribution in [-0.2, 0) is 0 Å². The second kappa shape index (κ2) is 8.52. The number of nitrogens with two attached hydrogens (primary N) is 1. The molecule has 1 rings (SSSR count). The highest BCUT2D eigenvalue weighted by atomic mass is 16.5. The normalized spacial score (nSPS) is 10.6. The third-order valence-electron chi connectivity index (χ3n) is 3.14. The van der Waals surface area contributed by atoms with Crippen LogP contribution in [0.15, 0.2) is 18.2 Å². The van der Waals surface area contributed by atoms with E-state index >= 15 is 0 Å². The van der Waals surface area contributed by atoms with Gasteiger partial charge in [-0.05, 0) is 37.1 Å². The maximum Gasteiger partial charge on any atom is 0.254 e. The van der Waals surface area contributed by atoms with E-state index in [0.29, 0.717) is 42.6 Å². The van der Waals surface area contributed by atoms with Gasteiger partial charge >= 0.3 is 0 Å². The van der Waals surface area contributed by atoms with Crippen molar-refractivity contribution in [1.82, 2.24) is 4.90 Å². The highest BCUT2D eigenvalue weighted by Gasteiger charge is 2.18. The molecule has 5 nitrogen and oxygen atoms in total. The Hall–Kier alpha value is -1.75. The number of hydrogen-bond acceptors (Lipinski definition) is 4. The lowest BCUT2D eigenvalue weighted by Crippen LogP contribution is -2.35. The Bertz CT molecular complexity index is 461. The van der Waals surface area contributed by atoms with Crippen LogP contribution in [0.1, 0.15) is 30.6 Å². The summed E-state index contributed by atoms with van der Waals surface area (Å²) < 4.78 is 10.4. The van der Waals surface area contributed by atoms with Gasteiger partial charge in [0.1, 0.15) is 0 Å². The number of carbonyl (C=O) groups is 1. The molecule has 0 aromatic heterocycles. The second-order valence-corrected chi connectivity index (χ2v) is 5.36. The SMILES string of the molecule is COc1ccc(C(=O)N(CCCN)CC(C)C)cc1OC. The van der Waals surface area contributed by atoms with Crippen molar-refractivity contribution in [1.29, 1.82) is 0 Å². The Morgan fingerprint density at radius 3 is 2.43 bits per heavy atom. The zero-order valence-electron chi connectivity index (χ0n) is 13.4. The van der Waals surface area contributed by atoms with E-state index in [2.05, 4.69) is 13.8 Å². The number of methoxy groups -OCH3 is 2. The average molecular weight is 294 g/mol. The Kier molecular flexibility index (Phi) is 7.02. The predicted octanol–water partition coefficient (Wildman–Crippen LogP) is 2.15. The molecular formula is C16H26N2O3. The Morgan fingerprint density at radius 1 is 1.24 bits per heavy atom. The van der Waals surface area contributed by atoms with Crippen molar-refractivity contribution in [2.45, 2.75) is 20.3 Å². The van der Waals surface area contributed by atoms with Crippen molar-refractivity contribution < 1.29 is 14.3 Å². The lowest BCUT2D eigenvalue weighted by Gasteiger charge is -2.25. The van der Waals surface area contributed by atoms with E-state index in [1.54, 1.807) is 32.4 Å². The fourth-order valence-electron chi connectivity index (χ4n) is 2.15. The van der Waals surface area contributed by atoms with E-state index in [9.17, 15) is 4.79 Å². The van der Waals surface area contributed by atoms with Gasteiger partial charge in [0.15, 0.2) is 11.5 Å². The first-order valence-corrected chi connectivity index (χ1v) is 7.24. The van der Waals surface area contributed by atoms with Gasteiger partial charge < -0.3 is 20.1 Å². The molecular weight excluding hydrogens is 268 g/mol. The van der Waals surface area contributed by atoms with Crippen molar-refractivity contribution in [3.63, 3.8) is 0 Å². The zero-order chi connectivity index (χ0) is 15.8. The summed E-state index contributed by atoms with van der Waals surface area (Å²) in [5.74, 6) is 1.59. The fraction of sp³-hybridized carbons (Fsp3) is 0.562. The summed E-state index contributed by atoms with van der Waals surface area (Å²) in [7, 11) is 3.14. The zero-order valence-corrected chi connectivity index (χ0v) is 13.4. The third kappa shape index (κ3) is 4.93. The fourth-order valence-corrected chi connectivity index (χ4v) is 2.15. The molecule has 0 bridgehead atoms. The molecule has 1 amide bonds. The molecule has 0 atom stereocenters. The smallest absolute Gasteiger partial charge is 0.254 e. The topological polar surface area (TPSA) is 64.8 Å². The lowest BCUT2D eigenvalue weighted by atomic mass is 10.1.